The van der Waals surface area contributed by atoms with Gasteiger partial charge in [-0.2, -0.15) is 0 Å². The van der Waals surface area contributed by atoms with Crippen molar-refractivity contribution in [2.24, 2.45) is 0 Å². The lowest BCUT2D eigenvalue weighted by atomic mass is 10.0. The Labute approximate surface area is 121 Å². The summed E-state index contributed by atoms with van der Waals surface area (Å²) in [6.45, 7) is -0.338. The molecule has 0 amide bonds. The molecule has 0 spiro atoms. The van der Waals surface area contributed by atoms with E-state index in [1.54, 1.807) is 24.3 Å². The standard InChI is InChI=1S/C16H14O5/c1-20-15(18)10-21-14-9-12(17)7-8-13(14)16(19)11-5-3-2-4-6-11/h2-9,17H,10H2,1H3. The van der Waals surface area contributed by atoms with Gasteiger partial charge in [0.1, 0.15) is 11.5 Å². The topological polar surface area (TPSA) is 72.8 Å². The molecule has 21 heavy (non-hydrogen) atoms. The average molecular weight is 286 g/mol. The molecule has 0 bridgehead atoms. The molecule has 0 aliphatic heterocycles. The summed E-state index contributed by atoms with van der Waals surface area (Å²) in [7, 11) is 1.24. The molecule has 0 aliphatic rings. The molecule has 0 fully saturated rings. The fourth-order valence-corrected chi connectivity index (χ4v) is 1.76. The first kappa shape index (κ1) is 14.6. The molecule has 0 unspecified atom stereocenters. The lowest BCUT2D eigenvalue weighted by molar-refractivity contribution is -0.142. The number of benzene rings is 2. The second kappa shape index (κ2) is 6.56. The number of methoxy groups -OCH3 is 1. The number of hydrogen-bond donors (Lipinski definition) is 1. The van der Waals surface area contributed by atoms with Crippen LogP contribution in [0.2, 0.25) is 0 Å². The van der Waals surface area contributed by atoms with Crippen LogP contribution in [0.4, 0.5) is 0 Å². The molecule has 1 N–H and O–H groups in total. The second-order valence-electron chi connectivity index (χ2n) is 4.24. The van der Waals surface area contributed by atoms with Crippen LogP contribution < -0.4 is 4.74 Å². The summed E-state index contributed by atoms with van der Waals surface area (Å²) in [5.41, 5.74) is 0.758. The van der Waals surface area contributed by atoms with E-state index in [1.807, 2.05) is 6.07 Å². The van der Waals surface area contributed by atoms with Gasteiger partial charge in [0.25, 0.3) is 0 Å². The van der Waals surface area contributed by atoms with Gasteiger partial charge in [0.2, 0.25) is 0 Å². The minimum absolute atomic E-state index is 0.0560. The minimum atomic E-state index is -0.573. The molecule has 108 valence electrons. The van der Waals surface area contributed by atoms with Gasteiger partial charge in [0, 0.05) is 11.6 Å². The third-order valence-electron chi connectivity index (χ3n) is 2.82. The molecule has 0 saturated heterocycles. The zero-order chi connectivity index (χ0) is 15.2. The number of esters is 1. The van der Waals surface area contributed by atoms with Crippen LogP contribution in [0, 0.1) is 0 Å². The maximum absolute atomic E-state index is 12.4. The Hall–Kier alpha value is -2.82. The van der Waals surface area contributed by atoms with Gasteiger partial charge >= 0.3 is 5.97 Å². The number of hydrogen-bond acceptors (Lipinski definition) is 5. The molecule has 2 aromatic carbocycles. The van der Waals surface area contributed by atoms with Gasteiger partial charge in [-0.25, -0.2) is 4.79 Å². The van der Waals surface area contributed by atoms with E-state index in [1.165, 1.54) is 25.3 Å². The number of phenols is 1. The molecule has 0 atom stereocenters. The Morgan fingerprint density at radius 2 is 1.81 bits per heavy atom. The maximum Gasteiger partial charge on any atom is 0.343 e. The van der Waals surface area contributed by atoms with E-state index in [-0.39, 0.29) is 29.5 Å². The Morgan fingerprint density at radius 3 is 2.48 bits per heavy atom. The van der Waals surface area contributed by atoms with Crippen LogP contribution in [-0.4, -0.2) is 30.6 Å². The minimum Gasteiger partial charge on any atom is -0.508 e. The molecule has 0 saturated carbocycles. The van der Waals surface area contributed by atoms with E-state index in [2.05, 4.69) is 4.74 Å². The smallest absolute Gasteiger partial charge is 0.343 e. The Kier molecular flexibility index (Phi) is 4.56. The summed E-state index contributed by atoms with van der Waals surface area (Å²) in [5.74, 6) is -0.749. The Morgan fingerprint density at radius 1 is 1.10 bits per heavy atom. The predicted octanol–water partition coefficient (Wildman–Crippen LogP) is 2.17. The summed E-state index contributed by atoms with van der Waals surface area (Å²) in [5, 5.41) is 9.50. The highest BCUT2D eigenvalue weighted by Crippen LogP contribution is 2.26. The first-order valence-electron chi connectivity index (χ1n) is 6.24. The van der Waals surface area contributed by atoms with E-state index in [0.717, 1.165) is 0 Å². The molecule has 5 nitrogen and oxygen atoms in total. The number of aromatic hydroxyl groups is 1. The van der Waals surface area contributed by atoms with Gasteiger partial charge in [-0.1, -0.05) is 30.3 Å². The highest BCUT2D eigenvalue weighted by molar-refractivity contribution is 6.10. The van der Waals surface area contributed by atoms with Gasteiger partial charge in [-0.15, -0.1) is 0 Å². The van der Waals surface area contributed by atoms with E-state index >= 15 is 0 Å². The Balaban J connectivity index is 2.30. The van der Waals surface area contributed by atoms with Crippen LogP contribution in [-0.2, 0) is 9.53 Å². The van der Waals surface area contributed by atoms with E-state index < -0.39 is 5.97 Å². The van der Waals surface area contributed by atoms with Crippen molar-refractivity contribution in [3.05, 3.63) is 59.7 Å². The molecule has 2 aromatic rings. The van der Waals surface area contributed by atoms with Gasteiger partial charge < -0.3 is 14.6 Å². The summed E-state index contributed by atoms with van der Waals surface area (Å²) < 4.78 is 9.73. The molecule has 0 radical (unpaired) electrons. The predicted molar refractivity (Wildman–Crippen MR) is 75.5 cm³/mol. The van der Waals surface area contributed by atoms with Crippen molar-refractivity contribution in [3.63, 3.8) is 0 Å². The zero-order valence-electron chi connectivity index (χ0n) is 11.4. The number of ether oxygens (including phenoxy) is 2. The van der Waals surface area contributed by atoms with Crippen molar-refractivity contribution in [1.29, 1.82) is 0 Å². The summed E-state index contributed by atoms with van der Waals surface area (Å²) >= 11 is 0. The van der Waals surface area contributed by atoms with Crippen molar-refractivity contribution in [3.8, 4) is 11.5 Å². The van der Waals surface area contributed by atoms with Gasteiger partial charge in [-0.05, 0) is 12.1 Å². The number of carbonyl (C=O) groups is 2. The van der Waals surface area contributed by atoms with E-state index in [9.17, 15) is 14.7 Å². The highest BCUT2D eigenvalue weighted by atomic mass is 16.6. The third-order valence-corrected chi connectivity index (χ3v) is 2.82. The van der Waals surface area contributed by atoms with Crippen molar-refractivity contribution in [2.45, 2.75) is 0 Å². The number of rotatable bonds is 5. The monoisotopic (exact) mass is 286 g/mol. The quantitative estimate of drug-likeness (QED) is 0.673. The normalized spacial score (nSPS) is 9.95. The molecule has 5 heteroatoms. The van der Waals surface area contributed by atoms with Crippen molar-refractivity contribution < 1.29 is 24.2 Å². The van der Waals surface area contributed by atoms with Crippen LogP contribution in [0.1, 0.15) is 15.9 Å². The fraction of sp³-hybridized carbons (Fsp3) is 0.125. The average Bonchev–Trinajstić information content (AvgIpc) is 2.53. The molecular weight excluding hydrogens is 272 g/mol. The molecular formula is C16H14O5. The second-order valence-corrected chi connectivity index (χ2v) is 4.24. The maximum atomic E-state index is 12.4. The zero-order valence-corrected chi connectivity index (χ0v) is 11.4. The molecule has 2 rings (SSSR count). The van der Waals surface area contributed by atoms with Crippen LogP contribution in [0.5, 0.6) is 11.5 Å². The summed E-state index contributed by atoms with van der Waals surface area (Å²) in [4.78, 5) is 23.5. The first-order valence-corrected chi connectivity index (χ1v) is 6.24. The first-order chi connectivity index (χ1) is 10.1. The number of carbonyl (C=O) groups excluding carboxylic acids is 2. The largest absolute Gasteiger partial charge is 0.508 e. The highest BCUT2D eigenvalue weighted by Gasteiger charge is 2.16. The van der Waals surface area contributed by atoms with Crippen LogP contribution in [0.25, 0.3) is 0 Å². The van der Waals surface area contributed by atoms with Gasteiger partial charge in [0.15, 0.2) is 12.4 Å². The van der Waals surface area contributed by atoms with Crippen LogP contribution >= 0.6 is 0 Å². The van der Waals surface area contributed by atoms with E-state index in [0.29, 0.717) is 5.56 Å². The lowest BCUT2D eigenvalue weighted by Gasteiger charge is -2.10. The van der Waals surface area contributed by atoms with Crippen LogP contribution in [0.3, 0.4) is 0 Å². The lowest BCUT2D eigenvalue weighted by Crippen LogP contribution is -2.14. The van der Waals surface area contributed by atoms with Crippen LogP contribution in [0.15, 0.2) is 48.5 Å². The SMILES string of the molecule is COC(=O)COc1cc(O)ccc1C(=O)c1ccccc1. The third kappa shape index (κ3) is 3.60. The van der Waals surface area contributed by atoms with Crippen molar-refractivity contribution in [1.82, 2.24) is 0 Å². The summed E-state index contributed by atoms with van der Waals surface area (Å²) in [6, 6.07) is 12.8. The van der Waals surface area contributed by atoms with Gasteiger partial charge in [0.05, 0.1) is 12.7 Å². The molecule has 0 aliphatic carbocycles. The summed E-state index contributed by atoms with van der Waals surface area (Å²) in [6.07, 6.45) is 0. The fourth-order valence-electron chi connectivity index (χ4n) is 1.76. The van der Waals surface area contributed by atoms with Gasteiger partial charge in [-0.3, -0.25) is 4.79 Å². The molecule has 0 aromatic heterocycles. The number of ketones is 1. The number of phenolic OH excluding ortho intramolecular Hbond substituents is 1. The van der Waals surface area contributed by atoms with E-state index in [4.69, 9.17) is 4.74 Å². The van der Waals surface area contributed by atoms with Crippen molar-refractivity contribution >= 4 is 11.8 Å². The molecule has 0 heterocycles. The van der Waals surface area contributed by atoms with Crippen molar-refractivity contribution in [2.75, 3.05) is 13.7 Å². The Bertz CT molecular complexity index is 649.